The van der Waals surface area contributed by atoms with Crippen LogP contribution in [0.15, 0.2) is 77.8 Å². The van der Waals surface area contributed by atoms with Crippen molar-refractivity contribution in [2.24, 2.45) is 0 Å². The summed E-state index contributed by atoms with van der Waals surface area (Å²) in [6, 6.07) is 17.7. The van der Waals surface area contributed by atoms with Gasteiger partial charge in [0.05, 0.1) is 18.3 Å². The summed E-state index contributed by atoms with van der Waals surface area (Å²) in [5.74, 6) is -0.326. The van der Waals surface area contributed by atoms with E-state index in [1.807, 2.05) is 0 Å². The molecule has 0 aliphatic carbocycles. The first kappa shape index (κ1) is 26.9. The predicted octanol–water partition coefficient (Wildman–Crippen LogP) is 4.79. The van der Waals surface area contributed by atoms with E-state index in [2.05, 4.69) is 14.6 Å². The number of nitrogens with zero attached hydrogens (tertiary/aromatic N) is 3. The summed E-state index contributed by atoms with van der Waals surface area (Å²) < 4.78 is 48.6. The first-order valence-corrected chi connectivity index (χ1v) is 14.1. The number of para-hydroxylation sites is 1. The highest BCUT2D eigenvalue weighted by Crippen LogP contribution is 2.30. The Morgan fingerprint density at radius 2 is 1.82 bits per heavy atom. The third-order valence-corrected chi connectivity index (χ3v) is 8.28. The highest BCUT2D eigenvalue weighted by atomic mass is 35.5. The van der Waals surface area contributed by atoms with Crippen molar-refractivity contribution in [2.45, 2.75) is 11.4 Å². The second kappa shape index (κ2) is 11.2. The van der Waals surface area contributed by atoms with Gasteiger partial charge < -0.3 is 9.64 Å². The van der Waals surface area contributed by atoms with Crippen molar-refractivity contribution in [1.29, 1.82) is 0 Å². The normalized spacial score (nSPS) is 14.4. The summed E-state index contributed by atoms with van der Waals surface area (Å²) in [6.07, 6.45) is 1.54. The number of carbonyl (C=O) groups excluding carboxylic acids is 1. The summed E-state index contributed by atoms with van der Waals surface area (Å²) in [4.78, 5) is 21.3. The van der Waals surface area contributed by atoms with Crippen molar-refractivity contribution in [2.75, 3.05) is 38.0 Å². The number of carbonyl (C=O) groups is 1. The van der Waals surface area contributed by atoms with Crippen molar-refractivity contribution in [3.8, 4) is 5.75 Å². The molecule has 1 aromatic heterocycles. The number of ether oxygens (including phenoxy) is 1. The van der Waals surface area contributed by atoms with Crippen molar-refractivity contribution >= 4 is 44.1 Å². The number of methoxy groups -OCH3 is 1. The van der Waals surface area contributed by atoms with Gasteiger partial charge in [-0.2, -0.15) is 0 Å². The van der Waals surface area contributed by atoms with Crippen LogP contribution in [0.5, 0.6) is 5.75 Å². The van der Waals surface area contributed by atoms with Gasteiger partial charge in [-0.25, -0.2) is 12.8 Å². The molecule has 1 aliphatic heterocycles. The number of benzene rings is 3. The zero-order chi connectivity index (χ0) is 27.6. The van der Waals surface area contributed by atoms with Gasteiger partial charge in [-0.15, -0.1) is 0 Å². The van der Waals surface area contributed by atoms with E-state index < -0.39 is 10.0 Å². The Morgan fingerprint density at radius 3 is 2.56 bits per heavy atom. The molecule has 4 aromatic rings. The van der Waals surface area contributed by atoms with Gasteiger partial charge in [0.25, 0.3) is 15.9 Å². The number of rotatable bonds is 7. The van der Waals surface area contributed by atoms with Crippen LogP contribution >= 0.6 is 11.6 Å². The Balaban J connectivity index is 1.28. The first-order valence-electron chi connectivity index (χ1n) is 12.3. The molecule has 5 rings (SSSR count). The maximum Gasteiger partial charge on any atom is 0.264 e. The quantitative estimate of drug-likeness (QED) is 0.344. The summed E-state index contributed by atoms with van der Waals surface area (Å²) in [7, 11) is -2.58. The molecule has 0 saturated carbocycles. The molecule has 1 saturated heterocycles. The lowest BCUT2D eigenvalue weighted by atomic mass is 10.1. The van der Waals surface area contributed by atoms with Gasteiger partial charge in [-0.05, 0) is 42.5 Å². The number of piperazine rings is 1. The van der Waals surface area contributed by atoms with E-state index in [1.165, 1.54) is 37.6 Å². The molecule has 2 heterocycles. The third kappa shape index (κ3) is 5.83. The van der Waals surface area contributed by atoms with Crippen LogP contribution in [-0.4, -0.2) is 62.4 Å². The minimum Gasteiger partial charge on any atom is -0.495 e. The van der Waals surface area contributed by atoms with E-state index in [-0.39, 0.29) is 28.1 Å². The van der Waals surface area contributed by atoms with E-state index in [0.29, 0.717) is 59.8 Å². The molecule has 1 amide bonds. The largest absolute Gasteiger partial charge is 0.495 e. The number of aromatic nitrogens is 1. The number of hydrogen-bond donors (Lipinski definition) is 1. The fourth-order valence-corrected chi connectivity index (χ4v) is 5.99. The number of sulfonamides is 1. The van der Waals surface area contributed by atoms with Gasteiger partial charge in [0.15, 0.2) is 0 Å². The van der Waals surface area contributed by atoms with Crippen LogP contribution in [0.3, 0.4) is 0 Å². The zero-order valence-electron chi connectivity index (χ0n) is 21.1. The van der Waals surface area contributed by atoms with E-state index in [4.69, 9.17) is 16.3 Å². The molecule has 0 radical (unpaired) electrons. The van der Waals surface area contributed by atoms with Gasteiger partial charge in [0, 0.05) is 60.5 Å². The lowest BCUT2D eigenvalue weighted by molar-refractivity contribution is 0.0626. The number of nitrogens with one attached hydrogen (secondary N) is 1. The van der Waals surface area contributed by atoms with Gasteiger partial charge in [0.1, 0.15) is 16.5 Å². The minimum absolute atomic E-state index is 0.0409. The lowest BCUT2D eigenvalue weighted by Crippen LogP contribution is -2.48. The molecule has 0 spiro atoms. The lowest BCUT2D eigenvalue weighted by Gasteiger charge is -2.35. The van der Waals surface area contributed by atoms with Crippen LogP contribution in [0.2, 0.25) is 5.02 Å². The number of amides is 1. The Bertz CT molecular complexity index is 1640. The molecule has 1 fully saturated rings. The molecule has 0 unspecified atom stereocenters. The van der Waals surface area contributed by atoms with Gasteiger partial charge in [0.2, 0.25) is 0 Å². The number of anilines is 1. The molecule has 1 N–H and O–H groups in total. The molecule has 11 heteroatoms. The molecule has 8 nitrogen and oxygen atoms in total. The molecular weight excluding hydrogens is 543 g/mol. The summed E-state index contributed by atoms with van der Waals surface area (Å²) in [5, 5.41) is 1.05. The smallest absolute Gasteiger partial charge is 0.264 e. The van der Waals surface area contributed by atoms with E-state index >= 15 is 0 Å². The second-order valence-corrected chi connectivity index (χ2v) is 11.2. The fourth-order valence-electron chi connectivity index (χ4n) is 4.58. The van der Waals surface area contributed by atoms with Crippen LogP contribution in [-0.2, 0) is 16.6 Å². The number of pyridine rings is 1. The average molecular weight is 569 g/mol. The van der Waals surface area contributed by atoms with E-state index in [9.17, 15) is 17.6 Å². The molecule has 1 aliphatic rings. The minimum atomic E-state index is -3.99. The van der Waals surface area contributed by atoms with Crippen molar-refractivity contribution in [3.63, 3.8) is 0 Å². The number of fused-ring (bicyclic) bond motifs is 1. The predicted molar refractivity (Wildman–Crippen MR) is 148 cm³/mol. The Labute approximate surface area is 231 Å². The van der Waals surface area contributed by atoms with Gasteiger partial charge >= 0.3 is 0 Å². The van der Waals surface area contributed by atoms with Crippen LogP contribution in [0.1, 0.15) is 15.9 Å². The summed E-state index contributed by atoms with van der Waals surface area (Å²) >= 11 is 5.84. The Kier molecular flexibility index (Phi) is 7.69. The monoisotopic (exact) mass is 568 g/mol. The summed E-state index contributed by atoms with van der Waals surface area (Å²) in [6.45, 7) is 2.54. The molecular formula is C28H26ClFN4O4S. The third-order valence-electron chi connectivity index (χ3n) is 6.65. The van der Waals surface area contributed by atoms with E-state index in [0.717, 1.165) is 0 Å². The number of halogens is 2. The van der Waals surface area contributed by atoms with Crippen molar-refractivity contribution < 1.29 is 22.3 Å². The maximum absolute atomic E-state index is 14.2. The highest BCUT2D eigenvalue weighted by Gasteiger charge is 2.25. The van der Waals surface area contributed by atoms with Crippen LogP contribution in [0.25, 0.3) is 10.9 Å². The Morgan fingerprint density at radius 1 is 1.05 bits per heavy atom. The van der Waals surface area contributed by atoms with Crippen LogP contribution in [0, 0.1) is 5.82 Å². The fraction of sp³-hybridized carbons (Fsp3) is 0.214. The topological polar surface area (TPSA) is 91.8 Å². The maximum atomic E-state index is 14.2. The molecule has 0 bridgehead atoms. The van der Waals surface area contributed by atoms with E-state index in [1.54, 1.807) is 47.4 Å². The SMILES string of the molecule is COc1cc(C(=O)N2CCN(Cc3ccc(Cl)cc3F)CC2)ccc1NS(=O)(=O)c1cccc2cccnc12. The molecule has 39 heavy (non-hydrogen) atoms. The van der Waals surface area contributed by atoms with Crippen molar-refractivity contribution in [3.05, 3.63) is 94.9 Å². The molecule has 202 valence electrons. The molecule has 3 aromatic carbocycles. The Hall–Kier alpha value is -3.73. The highest BCUT2D eigenvalue weighted by molar-refractivity contribution is 7.93. The van der Waals surface area contributed by atoms with Gasteiger partial charge in [-0.1, -0.05) is 35.9 Å². The number of hydrogen-bond acceptors (Lipinski definition) is 6. The van der Waals surface area contributed by atoms with Gasteiger partial charge in [-0.3, -0.25) is 19.4 Å². The molecule has 0 atom stereocenters. The zero-order valence-corrected chi connectivity index (χ0v) is 22.7. The van der Waals surface area contributed by atoms with Crippen LogP contribution in [0.4, 0.5) is 10.1 Å². The second-order valence-electron chi connectivity index (χ2n) is 9.16. The van der Waals surface area contributed by atoms with Crippen molar-refractivity contribution in [1.82, 2.24) is 14.8 Å². The van der Waals surface area contributed by atoms with Crippen LogP contribution < -0.4 is 9.46 Å². The summed E-state index contributed by atoms with van der Waals surface area (Å²) in [5.41, 5.74) is 1.49. The standard InChI is InChI=1S/C28H26ClFN4O4S/c1-38-25-16-20(28(35)34-14-12-33(13-15-34)18-21-7-9-22(29)17-23(21)30)8-10-24(25)32-39(36,37)26-6-2-4-19-5-3-11-31-27(19)26/h2-11,16-17,32H,12-15,18H2,1H3. The first-order chi connectivity index (χ1) is 18.7. The average Bonchev–Trinajstić information content (AvgIpc) is 2.94.